The summed E-state index contributed by atoms with van der Waals surface area (Å²) in [5.41, 5.74) is 3.80. The highest BCUT2D eigenvalue weighted by molar-refractivity contribution is 5.55. The molecule has 1 aromatic carbocycles. The summed E-state index contributed by atoms with van der Waals surface area (Å²) in [6.45, 7) is 6.56. The van der Waals surface area contributed by atoms with Crippen LogP contribution in [0.4, 0.5) is 0 Å². The Bertz CT molecular complexity index is 826. The molecule has 0 amide bonds. The molecule has 3 heterocycles. The van der Waals surface area contributed by atoms with Crippen LogP contribution >= 0.6 is 0 Å². The highest BCUT2D eigenvalue weighted by Crippen LogP contribution is 2.25. The molecule has 0 aliphatic carbocycles. The Kier molecular flexibility index (Phi) is 5.12. The Morgan fingerprint density at radius 1 is 1.08 bits per heavy atom. The molecule has 0 saturated carbocycles. The average Bonchev–Trinajstić information content (AvgIpc) is 3.04. The smallest absolute Gasteiger partial charge is 0.140 e. The van der Waals surface area contributed by atoms with Crippen molar-refractivity contribution >= 4 is 0 Å². The number of imidazole rings is 1. The quantitative estimate of drug-likeness (QED) is 0.695. The molecule has 0 spiro atoms. The fourth-order valence-corrected chi connectivity index (χ4v) is 3.96. The van der Waals surface area contributed by atoms with E-state index in [-0.39, 0.29) is 0 Å². The molecule has 0 bridgehead atoms. The normalized spacial score (nSPS) is 18.1. The SMILES string of the molecule is Cc1cnc(-c2ccccc2)n1C[C@H]1CCCN(Cc2ccncc2)C1. The van der Waals surface area contributed by atoms with E-state index in [1.165, 1.54) is 36.2 Å². The van der Waals surface area contributed by atoms with E-state index >= 15 is 0 Å². The summed E-state index contributed by atoms with van der Waals surface area (Å²) < 4.78 is 2.40. The number of rotatable bonds is 5. The maximum absolute atomic E-state index is 4.68. The van der Waals surface area contributed by atoms with Crippen LogP contribution in [0, 0.1) is 12.8 Å². The maximum Gasteiger partial charge on any atom is 0.140 e. The van der Waals surface area contributed by atoms with Crippen LogP contribution in [-0.2, 0) is 13.1 Å². The van der Waals surface area contributed by atoms with E-state index in [2.05, 4.69) is 68.8 Å². The zero-order valence-electron chi connectivity index (χ0n) is 15.4. The number of benzene rings is 1. The van der Waals surface area contributed by atoms with Crippen LogP contribution < -0.4 is 0 Å². The van der Waals surface area contributed by atoms with E-state index < -0.39 is 0 Å². The van der Waals surface area contributed by atoms with Crippen molar-refractivity contribution in [2.24, 2.45) is 5.92 Å². The van der Waals surface area contributed by atoms with Crippen molar-refractivity contribution in [1.29, 1.82) is 0 Å². The Hall–Kier alpha value is -2.46. The van der Waals surface area contributed by atoms with Crippen LogP contribution in [0.3, 0.4) is 0 Å². The summed E-state index contributed by atoms with van der Waals surface area (Å²) in [5.74, 6) is 1.76. The molecule has 4 nitrogen and oxygen atoms in total. The van der Waals surface area contributed by atoms with Gasteiger partial charge in [0.25, 0.3) is 0 Å². The molecule has 4 heteroatoms. The topological polar surface area (TPSA) is 34.0 Å². The van der Waals surface area contributed by atoms with Gasteiger partial charge in [0, 0.05) is 49.5 Å². The fourth-order valence-electron chi connectivity index (χ4n) is 3.96. The van der Waals surface area contributed by atoms with Crippen molar-refractivity contribution in [2.75, 3.05) is 13.1 Å². The zero-order valence-corrected chi connectivity index (χ0v) is 15.4. The molecule has 4 rings (SSSR count). The number of nitrogens with zero attached hydrogens (tertiary/aromatic N) is 4. The summed E-state index contributed by atoms with van der Waals surface area (Å²) in [4.78, 5) is 11.4. The standard InChI is InChI=1S/C22H26N4/c1-18-14-24-22(21-7-3-2-4-8-21)26(18)17-20-6-5-13-25(16-20)15-19-9-11-23-12-10-19/h2-4,7-12,14,20H,5-6,13,15-17H2,1H3/t20-/m0/s1. The summed E-state index contributed by atoms with van der Waals surface area (Å²) in [7, 11) is 0. The fraction of sp³-hybridized carbons (Fsp3) is 0.364. The van der Waals surface area contributed by atoms with Crippen LogP contribution in [0.15, 0.2) is 61.1 Å². The molecule has 3 aromatic rings. The Morgan fingerprint density at radius 3 is 2.69 bits per heavy atom. The van der Waals surface area contributed by atoms with E-state index in [0.717, 1.165) is 25.5 Å². The second-order valence-electron chi connectivity index (χ2n) is 7.30. The molecule has 1 aliphatic heterocycles. The summed E-state index contributed by atoms with van der Waals surface area (Å²) in [6.07, 6.45) is 8.33. The molecule has 1 atom stereocenters. The third-order valence-electron chi connectivity index (χ3n) is 5.29. The minimum Gasteiger partial charge on any atom is -0.328 e. The van der Waals surface area contributed by atoms with Crippen molar-refractivity contribution in [3.63, 3.8) is 0 Å². The van der Waals surface area contributed by atoms with Crippen molar-refractivity contribution < 1.29 is 0 Å². The van der Waals surface area contributed by atoms with Crippen molar-refractivity contribution in [3.05, 3.63) is 72.3 Å². The second-order valence-corrected chi connectivity index (χ2v) is 7.30. The van der Waals surface area contributed by atoms with Crippen molar-refractivity contribution in [1.82, 2.24) is 19.4 Å². The van der Waals surface area contributed by atoms with Crippen LogP contribution in [-0.4, -0.2) is 32.5 Å². The first-order valence-corrected chi connectivity index (χ1v) is 9.48. The first kappa shape index (κ1) is 17.0. The number of piperidine rings is 1. The minimum absolute atomic E-state index is 0.668. The molecular weight excluding hydrogens is 320 g/mol. The van der Waals surface area contributed by atoms with E-state index in [1.54, 1.807) is 0 Å². The van der Waals surface area contributed by atoms with Crippen LogP contribution in [0.5, 0.6) is 0 Å². The van der Waals surface area contributed by atoms with E-state index in [0.29, 0.717) is 5.92 Å². The van der Waals surface area contributed by atoms with Crippen LogP contribution in [0.2, 0.25) is 0 Å². The van der Waals surface area contributed by atoms with Crippen LogP contribution in [0.1, 0.15) is 24.1 Å². The van der Waals surface area contributed by atoms with Gasteiger partial charge in [0.1, 0.15) is 5.82 Å². The number of hydrogen-bond acceptors (Lipinski definition) is 3. The highest BCUT2D eigenvalue weighted by Gasteiger charge is 2.22. The molecule has 2 aromatic heterocycles. The van der Waals surface area contributed by atoms with Gasteiger partial charge < -0.3 is 4.57 Å². The Morgan fingerprint density at radius 2 is 1.88 bits per heavy atom. The third-order valence-corrected chi connectivity index (χ3v) is 5.29. The molecule has 1 saturated heterocycles. The lowest BCUT2D eigenvalue weighted by Crippen LogP contribution is -2.36. The van der Waals surface area contributed by atoms with Gasteiger partial charge in [0.05, 0.1) is 0 Å². The lowest BCUT2D eigenvalue weighted by Gasteiger charge is -2.33. The van der Waals surface area contributed by atoms with Crippen LogP contribution in [0.25, 0.3) is 11.4 Å². The van der Waals surface area contributed by atoms with Gasteiger partial charge in [-0.2, -0.15) is 0 Å². The molecule has 26 heavy (non-hydrogen) atoms. The van der Waals surface area contributed by atoms with Gasteiger partial charge in [0.15, 0.2) is 0 Å². The number of likely N-dealkylation sites (tertiary alicyclic amines) is 1. The maximum atomic E-state index is 4.68. The number of hydrogen-bond donors (Lipinski definition) is 0. The first-order valence-electron chi connectivity index (χ1n) is 9.48. The molecule has 134 valence electrons. The van der Waals surface area contributed by atoms with E-state index in [9.17, 15) is 0 Å². The minimum atomic E-state index is 0.668. The van der Waals surface area contributed by atoms with Gasteiger partial charge >= 0.3 is 0 Å². The first-order chi connectivity index (χ1) is 12.8. The van der Waals surface area contributed by atoms with Crippen molar-refractivity contribution in [2.45, 2.75) is 32.9 Å². The monoisotopic (exact) mass is 346 g/mol. The number of pyridine rings is 1. The van der Waals surface area contributed by atoms with E-state index in [4.69, 9.17) is 0 Å². The summed E-state index contributed by atoms with van der Waals surface area (Å²) >= 11 is 0. The molecule has 0 radical (unpaired) electrons. The van der Waals surface area contributed by atoms with Gasteiger partial charge in [0.2, 0.25) is 0 Å². The summed E-state index contributed by atoms with van der Waals surface area (Å²) in [6, 6.07) is 14.8. The van der Waals surface area contributed by atoms with Gasteiger partial charge in [-0.1, -0.05) is 30.3 Å². The van der Waals surface area contributed by atoms with Gasteiger partial charge in [-0.25, -0.2) is 4.98 Å². The van der Waals surface area contributed by atoms with Gasteiger partial charge in [-0.3, -0.25) is 9.88 Å². The predicted octanol–water partition coefficient (Wildman–Crippen LogP) is 4.17. The molecule has 1 fully saturated rings. The number of aryl methyl sites for hydroxylation is 1. The largest absolute Gasteiger partial charge is 0.328 e. The Balaban J connectivity index is 1.47. The Labute approximate surface area is 155 Å². The lowest BCUT2D eigenvalue weighted by atomic mass is 9.97. The van der Waals surface area contributed by atoms with Gasteiger partial charge in [-0.15, -0.1) is 0 Å². The average molecular weight is 346 g/mol. The van der Waals surface area contributed by atoms with Gasteiger partial charge in [-0.05, 0) is 49.9 Å². The van der Waals surface area contributed by atoms with E-state index in [1.807, 2.05) is 18.6 Å². The lowest BCUT2D eigenvalue weighted by molar-refractivity contribution is 0.156. The summed E-state index contributed by atoms with van der Waals surface area (Å²) in [5, 5.41) is 0. The second kappa shape index (κ2) is 7.83. The predicted molar refractivity (Wildman–Crippen MR) is 105 cm³/mol. The molecule has 1 aliphatic rings. The highest BCUT2D eigenvalue weighted by atomic mass is 15.1. The molecule has 0 unspecified atom stereocenters. The zero-order chi connectivity index (χ0) is 17.8. The molecule has 0 N–H and O–H groups in total. The number of aromatic nitrogens is 3. The third kappa shape index (κ3) is 3.86. The molecular formula is C22H26N4. The van der Waals surface area contributed by atoms with Crippen molar-refractivity contribution in [3.8, 4) is 11.4 Å².